The van der Waals surface area contributed by atoms with Gasteiger partial charge in [-0.1, -0.05) is 6.42 Å². The zero-order valence-electron chi connectivity index (χ0n) is 9.66. The molecule has 0 heterocycles. The first-order valence-electron chi connectivity index (χ1n) is 4.99. The minimum Gasteiger partial charge on any atom is -0.480 e. The Morgan fingerprint density at radius 2 is 1.79 bits per heavy atom. The van der Waals surface area contributed by atoms with Gasteiger partial charge in [-0.25, -0.2) is 0 Å². The van der Waals surface area contributed by atoms with Crippen LogP contribution in [0.3, 0.4) is 0 Å². The second-order valence-electron chi connectivity index (χ2n) is 4.12. The Kier molecular flexibility index (Phi) is 6.49. The van der Waals surface area contributed by atoms with Gasteiger partial charge in [-0.2, -0.15) is 0 Å². The maximum absolute atomic E-state index is 10.8. The zero-order chi connectivity index (χ0) is 11.1. The van der Waals surface area contributed by atoms with Crippen molar-refractivity contribution in [3.8, 4) is 0 Å². The number of carbonyl (C=O) groups is 1. The molecular formula is C10H22N2O2. The lowest BCUT2D eigenvalue weighted by molar-refractivity contribution is -0.142. The third-order valence-electron chi connectivity index (χ3n) is 2.24. The number of nitrogens with zero attached hydrogens (tertiary/aromatic N) is 2. The SMILES string of the molecule is CN(C)CCCC[C@H](C(=O)O)N(C)C. The minimum atomic E-state index is -0.722. The van der Waals surface area contributed by atoms with Crippen LogP contribution in [0, 0.1) is 0 Å². The Bertz CT molecular complexity index is 170. The molecule has 0 aliphatic carbocycles. The molecule has 0 radical (unpaired) electrons. The molecule has 0 saturated carbocycles. The van der Waals surface area contributed by atoms with Crippen molar-refractivity contribution in [2.75, 3.05) is 34.7 Å². The molecule has 14 heavy (non-hydrogen) atoms. The van der Waals surface area contributed by atoms with E-state index < -0.39 is 5.97 Å². The Hall–Kier alpha value is -0.610. The third-order valence-corrected chi connectivity index (χ3v) is 2.24. The number of carboxylic acids is 1. The molecule has 1 atom stereocenters. The molecule has 0 aromatic rings. The van der Waals surface area contributed by atoms with Gasteiger partial charge in [0.25, 0.3) is 0 Å². The van der Waals surface area contributed by atoms with Crippen molar-refractivity contribution in [3.63, 3.8) is 0 Å². The van der Waals surface area contributed by atoms with E-state index in [1.165, 1.54) is 0 Å². The van der Waals surface area contributed by atoms with Gasteiger partial charge in [0.1, 0.15) is 6.04 Å². The molecule has 0 bridgehead atoms. The van der Waals surface area contributed by atoms with Gasteiger partial charge in [0.05, 0.1) is 0 Å². The van der Waals surface area contributed by atoms with E-state index in [2.05, 4.69) is 4.90 Å². The fraction of sp³-hybridized carbons (Fsp3) is 0.900. The summed E-state index contributed by atoms with van der Waals surface area (Å²) in [5.41, 5.74) is 0. The fourth-order valence-corrected chi connectivity index (χ4v) is 1.37. The molecule has 1 N–H and O–H groups in total. The highest BCUT2D eigenvalue weighted by Gasteiger charge is 2.18. The van der Waals surface area contributed by atoms with E-state index in [0.29, 0.717) is 0 Å². The topological polar surface area (TPSA) is 43.8 Å². The van der Waals surface area contributed by atoms with Crippen LogP contribution in [0.25, 0.3) is 0 Å². The lowest BCUT2D eigenvalue weighted by atomic mass is 10.1. The third kappa shape index (κ3) is 5.94. The van der Waals surface area contributed by atoms with Gasteiger partial charge < -0.3 is 10.0 Å². The van der Waals surface area contributed by atoms with Crippen LogP contribution in [0.15, 0.2) is 0 Å². The van der Waals surface area contributed by atoms with E-state index in [1.54, 1.807) is 4.90 Å². The molecule has 4 heteroatoms. The lowest BCUT2D eigenvalue weighted by Crippen LogP contribution is -2.35. The average molecular weight is 202 g/mol. The highest BCUT2D eigenvalue weighted by atomic mass is 16.4. The number of aliphatic carboxylic acids is 1. The summed E-state index contributed by atoms with van der Waals surface area (Å²) >= 11 is 0. The predicted molar refractivity (Wildman–Crippen MR) is 57.5 cm³/mol. The van der Waals surface area contributed by atoms with Crippen LogP contribution in [0.4, 0.5) is 0 Å². The Labute approximate surface area is 86.5 Å². The van der Waals surface area contributed by atoms with Crippen LogP contribution in [-0.4, -0.2) is 61.7 Å². The van der Waals surface area contributed by atoms with E-state index in [-0.39, 0.29) is 6.04 Å². The van der Waals surface area contributed by atoms with Crippen LogP contribution in [0.5, 0.6) is 0 Å². The molecule has 0 unspecified atom stereocenters. The number of hydrogen-bond acceptors (Lipinski definition) is 3. The molecule has 0 aromatic heterocycles. The van der Waals surface area contributed by atoms with Crippen LogP contribution in [0.1, 0.15) is 19.3 Å². The van der Waals surface area contributed by atoms with Gasteiger partial charge >= 0.3 is 5.97 Å². The molecule has 0 fully saturated rings. The van der Waals surface area contributed by atoms with E-state index in [1.807, 2.05) is 28.2 Å². The summed E-state index contributed by atoms with van der Waals surface area (Å²) in [5.74, 6) is -0.722. The van der Waals surface area contributed by atoms with Crippen LogP contribution in [-0.2, 0) is 4.79 Å². The van der Waals surface area contributed by atoms with Crippen molar-refractivity contribution in [2.24, 2.45) is 0 Å². The maximum atomic E-state index is 10.8. The largest absolute Gasteiger partial charge is 0.480 e. The Balaban J connectivity index is 3.67. The monoisotopic (exact) mass is 202 g/mol. The normalized spacial score (nSPS) is 13.6. The minimum absolute atomic E-state index is 0.336. The molecule has 0 rings (SSSR count). The molecule has 0 amide bonds. The van der Waals surface area contributed by atoms with Gasteiger partial charge in [0.2, 0.25) is 0 Å². The first-order valence-corrected chi connectivity index (χ1v) is 4.99. The van der Waals surface area contributed by atoms with Crippen molar-refractivity contribution in [1.82, 2.24) is 9.80 Å². The van der Waals surface area contributed by atoms with E-state index in [9.17, 15) is 4.79 Å². The molecule has 0 aromatic carbocycles. The highest BCUT2D eigenvalue weighted by Crippen LogP contribution is 2.06. The van der Waals surface area contributed by atoms with Gasteiger partial charge in [-0.05, 0) is 47.6 Å². The quantitative estimate of drug-likeness (QED) is 0.618. The number of unbranched alkanes of at least 4 members (excludes halogenated alkanes) is 1. The second kappa shape index (κ2) is 6.79. The number of rotatable bonds is 7. The standard InChI is InChI=1S/C10H22N2O2/c1-11(2)8-6-5-7-9(10(13)14)12(3)4/h9H,5-8H2,1-4H3,(H,13,14)/t9-/m1/s1. The summed E-state index contributed by atoms with van der Waals surface area (Å²) in [5, 5.41) is 8.90. The molecule has 0 spiro atoms. The maximum Gasteiger partial charge on any atom is 0.320 e. The first-order chi connectivity index (χ1) is 6.45. The summed E-state index contributed by atoms with van der Waals surface area (Å²) in [4.78, 5) is 14.7. The lowest BCUT2D eigenvalue weighted by Gasteiger charge is -2.20. The van der Waals surface area contributed by atoms with E-state index in [0.717, 1.165) is 25.8 Å². The average Bonchev–Trinajstić information content (AvgIpc) is 2.01. The van der Waals surface area contributed by atoms with Crippen LogP contribution >= 0.6 is 0 Å². The van der Waals surface area contributed by atoms with Crippen LogP contribution in [0.2, 0.25) is 0 Å². The van der Waals surface area contributed by atoms with Crippen molar-refractivity contribution >= 4 is 5.97 Å². The van der Waals surface area contributed by atoms with E-state index in [4.69, 9.17) is 5.11 Å². The molecule has 4 nitrogen and oxygen atoms in total. The summed E-state index contributed by atoms with van der Waals surface area (Å²) in [6.07, 6.45) is 2.76. The van der Waals surface area contributed by atoms with Gasteiger partial charge in [-0.15, -0.1) is 0 Å². The van der Waals surface area contributed by atoms with Crippen LogP contribution < -0.4 is 0 Å². The number of hydrogen-bond donors (Lipinski definition) is 1. The highest BCUT2D eigenvalue weighted by molar-refractivity contribution is 5.73. The Morgan fingerprint density at radius 3 is 2.14 bits per heavy atom. The van der Waals surface area contributed by atoms with Gasteiger partial charge in [-0.3, -0.25) is 9.69 Å². The molecule has 0 aliphatic heterocycles. The number of carboxylic acid groups (broad SMARTS) is 1. The van der Waals surface area contributed by atoms with Gasteiger partial charge in [0, 0.05) is 0 Å². The second-order valence-corrected chi connectivity index (χ2v) is 4.12. The molecular weight excluding hydrogens is 180 g/mol. The molecule has 0 aliphatic rings. The van der Waals surface area contributed by atoms with Crippen molar-refractivity contribution in [1.29, 1.82) is 0 Å². The summed E-state index contributed by atoms with van der Waals surface area (Å²) in [6, 6.07) is -0.336. The van der Waals surface area contributed by atoms with Crippen molar-refractivity contribution in [3.05, 3.63) is 0 Å². The summed E-state index contributed by atoms with van der Waals surface area (Å²) < 4.78 is 0. The predicted octanol–water partition coefficient (Wildman–Crippen LogP) is 0.733. The molecule has 0 saturated heterocycles. The summed E-state index contributed by atoms with van der Waals surface area (Å²) in [7, 11) is 7.68. The Morgan fingerprint density at radius 1 is 1.21 bits per heavy atom. The first kappa shape index (κ1) is 13.4. The fourth-order valence-electron chi connectivity index (χ4n) is 1.37. The molecule has 84 valence electrons. The summed E-state index contributed by atoms with van der Waals surface area (Å²) in [6.45, 7) is 1.03. The zero-order valence-corrected chi connectivity index (χ0v) is 9.66. The smallest absolute Gasteiger partial charge is 0.320 e. The number of likely N-dealkylation sites (N-methyl/N-ethyl adjacent to an activating group) is 1. The van der Waals surface area contributed by atoms with Crippen molar-refractivity contribution in [2.45, 2.75) is 25.3 Å². The van der Waals surface area contributed by atoms with E-state index >= 15 is 0 Å². The van der Waals surface area contributed by atoms with Crippen molar-refractivity contribution < 1.29 is 9.90 Å². The van der Waals surface area contributed by atoms with Gasteiger partial charge in [0.15, 0.2) is 0 Å².